The Morgan fingerprint density at radius 2 is 1.59 bits per heavy atom. The smallest absolute Gasteiger partial charge is 0.0954 e. The summed E-state index contributed by atoms with van der Waals surface area (Å²) in [6, 6.07) is 28.5. The van der Waals surface area contributed by atoms with Crippen molar-refractivity contribution in [3.8, 4) is 0 Å². The number of hydrogen-bond donors (Lipinski definition) is 1. The van der Waals surface area contributed by atoms with E-state index in [0.717, 1.165) is 17.7 Å². The Morgan fingerprint density at radius 1 is 0.875 bits per heavy atom. The molecule has 2 N–H and O–H groups in total. The molecular weight excluding hydrogens is 388 g/mol. The molecule has 0 radical (unpaired) electrons. The van der Waals surface area contributed by atoms with E-state index in [1.54, 1.807) is 0 Å². The predicted molar refractivity (Wildman–Crippen MR) is 132 cm³/mol. The van der Waals surface area contributed by atoms with Gasteiger partial charge in [0, 0.05) is 23.0 Å². The van der Waals surface area contributed by atoms with Crippen LogP contribution in [0.15, 0.2) is 115 Å². The standard InChI is InChI=1S/C30H26N2/c1-21-19-29-24-14-6-8-16-27(24)30(32(29)20-25(21)22-11-3-2-4-12-22)18-10-9-17-28(31)23-13-5-7-15-26(23)30/h2-17,19-20,29H,18,31H2,1H3/b10-9-,28-17-. The number of fused-ring (bicyclic) bond motifs is 7. The van der Waals surface area contributed by atoms with Crippen molar-refractivity contribution >= 4 is 11.3 Å². The van der Waals surface area contributed by atoms with Gasteiger partial charge in [-0.25, -0.2) is 0 Å². The fourth-order valence-electron chi connectivity index (χ4n) is 5.71. The molecule has 32 heavy (non-hydrogen) atoms. The lowest BCUT2D eigenvalue weighted by molar-refractivity contribution is 0.187. The van der Waals surface area contributed by atoms with Gasteiger partial charge in [0.25, 0.3) is 0 Å². The van der Waals surface area contributed by atoms with Crippen LogP contribution in [0.25, 0.3) is 11.3 Å². The molecule has 0 fully saturated rings. The highest BCUT2D eigenvalue weighted by Crippen LogP contribution is 2.56. The van der Waals surface area contributed by atoms with Crippen LogP contribution < -0.4 is 5.73 Å². The molecule has 2 heterocycles. The largest absolute Gasteiger partial charge is 0.398 e. The lowest BCUT2D eigenvalue weighted by atomic mass is 9.76. The van der Waals surface area contributed by atoms with Crippen LogP contribution in [0.5, 0.6) is 0 Å². The van der Waals surface area contributed by atoms with Crippen LogP contribution >= 0.6 is 0 Å². The fourth-order valence-corrected chi connectivity index (χ4v) is 5.71. The van der Waals surface area contributed by atoms with Crippen LogP contribution in [-0.2, 0) is 5.54 Å². The average molecular weight is 415 g/mol. The zero-order valence-corrected chi connectivity index (χ0v) is 18.2. The van der Waals surface area contributed by atoms with Crippen LogP contribution in [0.4, 0.5) is 0 Å². The van der Waals surface area contributed by atoms with Gasteiger partial charge in [0.15, 0.2) is 0 Å². The highest BCUT2D eigenvalue weighted by molar-refractivity contribution is 5.81. The van der Waals surface area contributed by atoms with Gasteiger partial charge in [-0.15, -0.1) is 0 Å². The van der Waals surface area contributed by atoms with Crippen molar-refractivity contribution < 1.29 is 0 Å². The number of benzene rings is 3. The molecule has 2 nitrogen and oxygen atoms in total. The summed E-state index contributed by atoms with van der Waals surface area (Å²) in [6.07, 6.45) is 12.1. The Morgan fingerprint density at radius 3 is 2.44 bits per heavy atom. The Bertz CT molecular complexity index is 1330. The van der Waals surface area contributed by atoms with E-state index in [4.69, 9.17) is 5.73 Å². The molecule has 2 aliphatic heterocycles. The van der Waals surface area contributed by atoms with Crippen molar-refractivity contribution in [2.24, 2.45) is 5.73 Å². The Labute approximate surface area is 189 Å². The first-order chi connectivity index (χ1) is 15.7. The first-order valence-electron chi connectivity index (χ1n) is 11.3. The molecule has 0 saturated heterocycles. The van der Waals surface area contributed by atoms with Crippen molar-refractivity contribution in [2.45, 2.75) is 24.9 Å². The van der Waals surface area contributed by atoms with Crippen molar-refractivity contribution in [2.75, 3.05) is 0 Å². The number of hydrogen-bond acceptors (Lipinski definition) is 2. The van der Waals surface area contributed by atoms with Gasteiger partial charge in [-0.05, 0) is 47.2 Å². The summed E-state index contributed by atoms with van der Waals surface area (Å²) in [7, 11) is 0. The highest BCUT2D eigenvalue weighted by atomic mass is 15.2. The summed E-state index contributed by atoms with van der Waals surface area (Å²) in [6.45, 7) is 2.23. The van der Waals surface area contributed by atoms with Crippen LogP contribution in [0.1, 0.15) is 47.2 Å². The number of allylic oxidation sites excluding steroid dienone is 4. The van der Waals surface area contributed by atoms with Gasteiger partial charge in [-0.2, -0.15) is 0 Å². The third-order valence-corrected chi connectivity index (χ3v) is 7.16. The van der Waals surface area contributed by atoms with Gasteiger partial charge in [0.1, 0.15) is 0 Å². The summed E-state index contributed by atoms with van der Waals surface area (Å²) < 4.78 is 0. The minimum absolute atomic E-state index is 0.199. The van der Waals surface area contributed by atoms with Gasteiger partial charge in [0.2, 0.25) is 0 Å². The summed E-state index contributed by atoms with van der Waals surface area (Å²) in [5.74, 6) is 0. The normalized spacial score (nSPS) is 26.0. The number of rotatable bonds is 1. The molecule has 3 aromatic rings. The second-order valence-corrected chi connectivity index (χ2v) is 8.86. The molecule has 2 atom stereocenters. The fraction of sp³-hybridized carbons (Fsp3) is 0.133. The molecule has 3 aromatic carbocycles. The maximum atomic E-state index is 6.56. The minimum atomic E-state index is -0.315. The number of nitrogens with zero attached hydrogens (tertiary/aromatic N) is 1. The minimum Gasteiger partial charge on any atom is -0.398 e. The topological polar surface area (TPSA) is 29.3 Å². The van der Waals surface area contributed by atoms with Crippen LogP contribution in [0.2, 0.25) is 0 Å². The van der Waals surface area contributed by atoms with Crippen LogP contribution in [0, 0.1) is 0 Å². The maximum Gasteiger partial charge on any atom is 0.0954 e. The van der Waals surface area contributed by atoms with Crippen molar-refractivity contribution in [3.05, 3.63) is 143 Å². The number of nitrogens with two attached hydrogens (primary N) is 1. The maximum absolute atomic E-state index is 6.56. The van der Waals surface area contributed by atoms with Crippen molar-refractivity contribution in [1.29, 1.82) is 0 Å². The van der Waals surface area contributed by atoms with Gasteiger partial charge >= 0.3 is 0 Å². The molecule has 0 saturated carbocycles. The van der Waals surface area contributed by atoms with Crippen LogP contribution in [0.3, 0.4) is 0 Å². The van der Waals surface area contributed by atoms with Gasteiger partial charge in [-0.3, -0.25) is 0 Å². The zero-order valence-electron chi connectivity index (χ0n) is 18.2. The van der Waals surface area contributed by atoms with Crippen LogP contribution in [-0.4, -0.2) is 4.90 Å². The third kappa shape index (κ3) is 2.59. The van der Waals surface area contributed by atoms with E-state index in [1.807, 2.05) is 6.08 Å². The average Bonchev–Trinajstić information content (AvgIpc) is 3.11. The highest BCUT2D eigenvalue weighted by Gasteiger charge is 2.51. The van der Waals surface area contributed by atoms with E-state index in [-0.39, 0.29) is 11.6 Å². The molecule has 1 aliphatic carbocycles. The van der Waals surface area contributed by atoms with E-state index in [9.17, 15) is 0 Å². The molecule has 6 rings (SSSR count). The predicted octanol–water partition coefficient (Wildman–Crippen LogP) is 6.55. The molecule has 2 heteroatoms. The first kappa shape index (κ1) is 18.9. The Kier molecular flexibility index (Phi) is 4.22. The second-order valence-electron chi connectivity index (χ2n) is 8.86. The van der Waals surface area contributed by atoms with Gasteiger partial charge < -0.3 is 10.6 Å². The Hall–Kier alpha value is -3.78. The lowest BCUT2D eigenvalue weighted by Crippen LogP contribution is -2.42. The van der Waals surface area contributed by atoms with Crippen molar-refractivity contribution in [3.63, 3.8) is 0 Å². The quantitative estimate of drug-likeness (QED) is 0.489. The van der Waals surface area contributed by atoms with E-state index < -0.39 is 0 Å². The van der Waals surface area contributed by atoms with E-state index in [1.165, 1.54) is 33.4 Å². The SMILES string of the molecule is CC1=CC2c3ccccc3C3(C/C=C\C=C(/N)c4ccccc43)N2C=C1c1ccccc1. The zero-order chi connectivity index (χ0) is 21.7. The second kappa shape index (κ2) is 7.13. The first-order valence-corrected chi connectivity index (χ1v) is 11.3. The summed E-state index contributed by atoms with van der Waals surface area (Å²) in [5.41, 5.74) is 16.0. The molecule has 3 aliphatic rings. The molecule has 0 aromatic heterocycles. The summed E-state index contributed by atoms with van der Waals surface area (Å²) in [5, 5.41) is 0. The van der Waals surface area contributed by atoms with E-state index >= 15 is 0 Å². The van der Waals surface area contributed by atoms with Gasteiger partial charge in [0.05, 0.1) is 11.6 Å². The monoisotopic (exact) mass is 414 g/mol. The molecule has 1 spiro atoms. The van der Waals surface area contributed by atoms with E-state index in [2.05, 4.69) is 115 Å². The summed E-state index contributed by atoms with van der Waals surface area (Å²) >= 11 is 0. The van der Waals surface area contributed by atoms with Gasteiger partial charge in [-0.1, -0.05) is 97.1 Å². The molecular formula is C30H26N2. The van der Waals surface area contributed by atoms with E-state index in [0.29, 0.717) is 0 Å². The Balaban J connectivity index is 1.66. The third-order valence-electron chi connectivity index (χ3n) is 7.16. The summed E-state index contributed by atoms with van der Waals surface area (Å²) in [4.78, 5) is 2.58. The molecule has 0 amide bonds. The molecule has 2 unspecified atom stereocenters. The lowest BCUT2D eigenvalue weighted by Gasteiger charge is -2.44. The molecule has 0 bridgehead atoms. The molecule has 156 valence electrons. The van der Waals surface area contributed by atoms with Crippen molar-refractivity contribution in [1.82, 2.24) is 4.90 Å².